The third kappa shape index (κ3) is 5.19. The zero-order valence-electron chi connectivity index (χ0n) is 19.1. The van der Waals surface area contributed by atoms with Gasteiger partial charge >= 0.3 is 0 Å². The van der Waals surface area contributed by atoms with Crippen molar-refractivity contribution in [2.24, 2.45) is 5.92 Å². The molecule has 1 N–H and O–H groups in total. The molecule has 5 nitrogen and oxygen atoms in total. The number of hydrogen-bond acceptors (Lipinski definition) is 3. The van der Waals surface area contributed by atoms with E-state index in [2.05, 4.69) is 22.4 Å². The number of hydrogen-bond donors (Lipinski definition) is 1. The molecule has 1 aliphatic rings. The molecule has 2 amide bonds. The SMILES string of the molecule is CC[C@@H](C)[C@@H](NC(=O)c1ccnc2ccccc12)C(=O)N1CCC(c2ccc(Cl)cc2)CC1. The Morgan fingerprint density at radius 3 is 2.48 bits per heavy atom. The number of carbonyl (C=O) groups is 2. The number of rotatable bonds is 6. The molecule has 1 saturated heterocycles. The zero-order valence-corrected chi connectivity index (χ0v) is 19.9. The van der Waals surface area contributed by atoms with Crippen molar-refractivity contribution in [3.05, 3.63) is 76.9 Å². The van der Waals surface area contributed by atoms with E-state index in [4.69, 9.17) is 11.6 Å². The molecule has 1 fully saturated rings. The first-order valence-electron chi connectivity index (χ1n) is 11.7. The van der Waals surface area contributed by atoms with Crippen LogP contribution in [0.1, 0.15) is 54.9 Å². The van der Waals surface area contributed by atoms with Gasteiger partial charge < -0.3 is 10.2 Å². The van der Waals surface area contributed by atoms with Crippen LogP contribution in [0, 0.1) is 5.92 Å². The lowest BCUT2D eigenvalue weighted by Gasteiger charge is -2.36. The number of aromatic nitrogens is 1. The lowest BCUT2D eigenvalue weighted by molar-refractivity contribution is -0.135. The number of halogens is 1. The van der Waals surface area contributed by atoms with Crippen LogP contribution in [0.2, 0.25) is 5.02 Å². The van der Waals surface area contributed by atoms with E-state index < -0.39 is 6.04 Å². The second kappa shape index (κ2) is 10.3. The lowest BCUT2D eigenvalue weighted by atomic mass is 9.88. The summed E-state index contributed by atoms with van der Waals surface area (Å²) in [5.74, 6) is 0.226. The van der Waals surface area contributed by atoms with Gasteiger partial charge in [-0.25, -0.2) is 0 Å². The van der Waals surface area contributed by atoms with Gasteiger partial charge in [-0.3, -0.25) is 14.6 Å². The number of fused-ring (bicyclic) bond motifs is 1. The van der Waals surface area contributed by atoms with E-state index in [9.17, 15) is 9.59 Å². The molecular weight excluding hydrogens is 434 g/mol. The van der Waals surface area contributed by atoms with Gasteiger partial charge in [0.15, 0.2) is 0 Å². The summed E-state index contributed by atoms with van der Waals surface area (Å²) < 4.78 is 0. The van der Waals surface area contributed by atoms with Gasteiger partial charge in [-0.1, -0.05) is 62.2 Å². The summed E-state index contributed by atoms with van der Waals surface area (Å²) in [6, 6.07) is 16.7. The number of benzene rings is 2. The maximum Gasteiger partial charge on any atom is 0.252 e. The van der Waals surface area contributed by atoms with Crippen molar-refractivity contribution < 1.29 is 9.59 Å². The van der Waals surface area contributed by atoms with Crippen LogP contribution in [0.25, 0.3) is 10.9 Å². The van der Waals surface area contributed by atoms with E-state index in [-0.39, 0.29) is 17.7 Å². The van der Waals surface area contributed by atoms with E-state index >= 15 is 0 Å². The number of nitrogens with one attached hydrogen (secondary N) is 1. The molecule has 2 atom stereocenters. The Bertz CT molecular complexity index is 1120. The maximum atomic E-state index is 13.5. The number of piperidine rings is 1. The predicted molar refractivity (Wildman–Crippen MR) is 132 cm³/mol. The molecule has 0 radical (unpaired) electrons. The highest BCUT2D eigenvalue weighted by Crippen LogP contribution is 2.29. The highest BCUT2D eigenvalue weighted by molar-refractivity contribution is 6.30. The lowest BCUT2D eigenvalue weighted by Crippen LogP contribution is -2.53. The predicted octanol–water partition coefficient (Wildman–Crippen LogP) is 5.44. The monoisotopic (exact) mass is 463 g/mol. The second-order valence-corrected chi connectivity index (χ2v) is 9.30. The summed E-state index contributed by atoms with van der Waals surface area (Å²) in [6.07, 6.45) is 4.25. The summed E-state index contributed by atoms with van der Waals surface area (Å²) >= 11 is 6.02. The second-order valence-electron chi connectivity index (χ2n) is 8.86. The Morgan fingerprint density at radius 1 is 1.09 bits per heavy atom. The van der Waals surface area contributed by atoms with Crippen molar-refractivity contribution in [2.45, 2.75) is 45.1 Å². The van der Waals surface area contributed by atoms with Gasteiger partial charge in [0.2, 0.25) is 5.91 Å². The van der Waals surface area contributed by atoms with Crippen LogP contribution in [0.4, 0.5) is 0 Å². The number of likely N-dealkylation sites (tertiary alicyclic amines) is 1. The van der Waals surface area contributed by atoms with Crippen molar-refractivity contribution in [1.29, 1.82) is 0 Å². The maximum absolute atomic E-state index is 13.5. The van der Waals surface area contributed by atoms with Crippen molar-refractivity contribution in [3.63, 3.8) is 0 Å². The normalized spacial score (nSPS) is 16.4. The average molecular weight is 464 g/mol. The van der Waals surface area contributed by atoms with Crippen LogP contribution >= 0.6 is 11.6 Å². The van der Waals surface area contributed by atoms with Crippen LogP contribution in [-0.2, 0) is 4.79 Å². The molecule has 3 aromatic rings. The minimum atomic E-state index is -0.554. The number of nitrogens with zero attached hydrogens (tertiary/aromatic N) is 2. The quantitative estimate of drug-likeness (QED) is 0.529. The van der Waals surface area contributed by atoms with E-state index in [0.717, 1.165) is 35.2 Å². The molecular formula is C27H30ClN3O2. The molecule has 2 heterocycles. The summed E-state index contributed by atoms with van der Waals surface area (Å²) in [5, 5.41) is 4.57. The van der Waals surface area contributed by atoms with Crippen LogP contribution in [-0.4, -0.2) is 40.8 Å². The van der Waals surface area contributed by atoms with E-state index in [0.29, 0.717) is 24.6 Å². The van der Waals surface area contributed by atoms with Crippen molar-refractivity contribution in [1.82, 2.24) is 15.2 Å². The molecule has 1 aromatic heterocycles. The first kappa shape index (κ1) is 23.2. The fraction of sp³-hybridized carbons (Fsp3) is 0.370. The highest BCUT2D eigenvalue weighted by atomic mass is 35.5. The van der Waals surface area contributed by atoms with Crippen LogP contribution in [0.5, 0.6) is 0 Å². The molecule has 4 rings (SSSR count). The highest BCUT2D eigenvalue weighted by Gasteiger charge is 2.33. The van der Waals surface area contributed by atoms with Crippen molar-refractivity contribution in [2.75, 3.05) is 13.1 Å². The summed E-state index contributed by atoms with van der Waals surface area (Å²) in [4.78, 5) is 33.0. The summed E-state index contributed by atoms with van der Waals surface area (Å²) in [5.41, 5.74) is 2.58. The Kier molecular flexibility index (Phi) is 7.29. The number of carbonyl (C=O) groups excluding carboxylic acids is 2. The third-order valence-electron chi connectivity index (χ3n) is 6.81. The minimum absolute atomic E-state index is 0.00520. The van der Waals surface area contributed by atoms with Gasteiger partial charge in [-0.2, -0.15) is 0 Å². The Morgan fingerprint density at radius 2 is 1.79 bits per heavy atom. The van der Waals surface area contributed by atoms with Gasteiger partial charge in [0.05, 0.1) is 11.1 Å². The molecule has 33 heavy (non-hydrogen) atoms. The van der Waals surface area contributed by atoms with Crippen LogP contribution in [0.3, 0.4) is 0 Å². The Labute approximate surface area is 200 Å². The van der Waals surface area contributed by atoms with Crippen LogP contribution in [0.15, 0.2) is 60.8 Å². The fourth-order valence-corrected chi connectivity index (χ4v) is 4.69. The number of amides is 2. The van der Waals surface area contributed by atoms with E-state index in [1.54, 1.807) is 12.3 Å². The molecule has 0 saturated carbocycles. The van der Waals surface area contributed by atoms with Gasteiger partial charge in [0.25, 0.3) is 5.91 Å². The minimum Gasteiger partial charge on any atom is -0.341 e. The summed E-state index contributed by atoms with van der Waals surface area (Å²) in [6.45, 7) is 5.44. The topological polar surface area (TPSA) is 62.3 Å². The molecule has 0 unspecified atom stereocenters. The Hall–Kier alpha value is -2.92. The largest absolute Gasteiger partial charge is 0.341 e. The summed E-state index contributed by atoms with van der Waals surface area (Å²) in [7, 11) is 0. The molecule has 172 valence electrons. The Balaban J connectivity index is 1.46. The van der Waals surface area contributed by atoms with Crippen LogP contribution < -0.4 is 5.32 Å². The smallest absolute Gasteiger partial charge is 0.252 e. The molecule has 1 aliphatic heterocycles. The van der Waals surface area contributed by atoms with E-state index in [1.165, 1.54) is 5.56 Å². The van der Waals surface area contributed by atoms with Gasteiger partial charge in [0, 0.05) is 29.7 Å². The third-order valence-corrected chi connectivity index (χ3v) is 7.06. The number of pyridine rings is 1. The van der Waals surface area contributed by atoms with Crippen molar-refractivity contribution in [3.8, 4) is 0 Å². The molecule has 0 bridgehead atoms. The van der Waals surface area contributed by atoms with Gasteiger partial charge in [0.1, 0.15) is 6.04 Å². The van der Waals surface area contributed by atoms with E-state index in [1.807, 2.05) is 55.1 Å². The van der Waals surface area contributed by atoms with Crippen molar-refractivity contribution >= 4 is 34.3 Å². The fourth-order valence-electron chi connectivity index (χ4n) is 4.56. The molecule has 0 spiro atoms. The molecule has 6 heteroatoms. The average Bonchev–Trinajstić information content (AvgIpc) is 2.86. The number of para-hydroxylation sites is 1. The first-order chi connectivity index (χ1) is 16.0. The van der Waals surface area contributed by atoms with Gasteiger partial charge in [-0.05, 0) is 54.5 Å². The van der Waals surface area contributed by atoms with Gasteiger partial charge in [-0.15, -0.1) is 0 Å². The first-order valence-corrected chi connectivity index (χ1v) is 12.0. The molecule has 2 aromatic carbocycles. The zero-order chi connectivity index (χ0) is 23.4. The molecule has 0 aliphatic carbocycles. The standard InChI is InChI=1S/C27H30ClN3O2/c1-3-18(2)25(30-26(32)23-12-15-29-24-7-5-4-6-22(23)24)27(33)31-16-13-20(14-17-31)19-8-10-21(28)11-9-19/h4-12,15,18,20,25H,3,13-14,16-17H2,1-2H3,(H,30,32)/t18-,25-/m1/s1.